The molecule has 0 fully saturated rings. The van der Waals surface area contributed by atoms with Crippen molar-refractivity contribution < 1.29 is 0 Å². The minimum atomic E-state index is -0.649. The zero-order valence-electron chi connectivity index (χ0n) is 7.15. The first-order valence-corrected chi connectivity index (χ1v) is 10.3. The van der Waals surface area contributed by atoms with Crippen LogP contribution in [-0.2, 0) is 0 Å². The molecule has 0 aromatic carbocycles. The molecule has 0 rings (SSSR count). The first kappa shape index (κ1) is 9.60. The maximum absolute atomic E-state index is 2.46. The Hall–Kier alpha value is 0.596. The summed E-state index contributed by atoms with van der Waals surface area (Å²) in [6, 6.07) is 0. The molecule has 0 aromatic heterocycles. The van der Waals surface area contributed by atoms with Gasteiger partial charge in [0.05, 0.1) is 0 Å². The molecule has 0 atom stereocenters. The van der Waals surface area contributed by atoms with E-state index in [2.05, 4.69) is 30.0 Å². The Morgan fingerprint density at radius 2 is 1.78 bits per heavy atom. The summed E-state index contributed by atoms with van der Waals surface area (Å²) in [5, 5.41) is 0. The van der Waals surface area contributed by atoms with Crippen LogP contribution in [0.3, 0.4) is 0 Å². The van der Waals surface area contributed by atoms with E-state index in [1.54, 1.807) is 4.98 Å². The normalized spacial score (nSPS) is 10.3. The predicted molar refractivity (Wildman–Crippen MR) is 45.5 cm³/mol. The van der Waals surface area contributed by atoms with Gasteiger partial charge in [-0.1, -0.05) is 0 Å². The number of rotatable bonds is 4. The average Bonchev–Trinajstić information content (AvgIpc) is 1.63. The molecule has 0 spiro atoms. The van der Waals surface area contributed by atoms with Gasteiger partial charge in [0.2, 0.25) is 0 Å². The standard InChI is InChI=1S/C5H12N.2CH3.Ga/c1-4-5-6(2)3;;;/h1,4-5H2,2-3H3;2*1H3;. The van der Waals surface area contributed by atoms with Gasteiger partial charge in [0, 0.05) is 0 Å². The molecule has 0 aliphatic heterocycles. The van der Waals surface area contributed by atoms with E-state index in [0.717, 1.165) is 0 Å². The van der Waals surface area contributed by atoms with Crippen LogP contribution in [0, 0.1) is 0 Å². The van der Waals surface area contributed by atoms with Gasteiger partial charge in [0.15, 0.2) is 0 Å². The summed E-state index contributed by atoms with van der Waals surface area (Å²) in [7, 11) is 4.29. The molecule has 0 aromatic rings. The Balaban J connectivity index is 2.91. The molecule has 9 heavy (non-hydrogen) atoms. The molecular formula is C7H18GaN. The fraction of sp³-hybridized carbons (Fsp3) is 1.00. The van der Waals surface area contributed by atoms with Crippen LogP contribution in [0.2, 0.25) is 15.9 Å². The molecule has 0 amide bonds. The van der Waals surface area contributed by atoms with E-state index in [9.17, 15) is 0 Å². The van der Waals surface area contributed by atoms with Crippen LogP contribution in [0.1, 0.15) is 6.42 Å². The number of hydrogen-bond donors (Lipinski definition) is 0. The van der Waals surface area contributed by atoms with Gasteiger partial charge in [-0.3, -0.25) is 0 Å². The van der Waals surface area contributed by atoms with E-state index in [-0.39, 0.29) is 0 Å². The third-order valence-corrected chi connectivity index (χ3v) is 4.67. The zero-order valence-corrected chi connectivity index (χ0v) is 9.57. The number of hydrogen-bond acceptors (Lipinski definition) is 1. The van der Waals surface area contributed by atoms with Crippen molar-refractivity contribution >= 4 is 16.2 Å². The first-order chi connectivity index (χ1) is 4.13. The van der Waals surface area contributed by atoms with Crippen molar-refractivity contribution in [2.24, 2.45) is 0 Å². The predicted octanol–water partition coefficient (Wildman–Crippen LogP) is 1.69. The quantitative estimate of drug-likeness (QED) is 0.603. The summed E-state index contributed by atoms with van der Waals surface area (Å²) in [6.07, 6.45) is 1.42. The van der Waals surface area contributed by atoms with Gasteiger partial charge in [-0.15, -0.1) is 0 Å². The monoisotopic (exact) mass is 185 g/mol. The molecule has 54 valence electrons. The first-order valence-electron chi connectivity index (χ1n) is 3.77. The van der Waals surface area contributed by atoms with Gasteiger partial charge in [-0.25, -0.2) is 0 Å². The van der Waals surface area contributed by atoms with Crippen molar-refractivity contribution in [3.8, 4) is 0 Å². The van der Waals surface area contributed by atoms with Crippen molar-refractivity contribution in [1.29, 1.82) is 0 Å². The molecule has 0 radical (unpaired) electrons. The van der Waals surface area contributed by atoms with Gasteiger partial charge in [-0.05, 0) is 0 Å². The maximum atomic E-state index is 2.46. The van der Waals surface area contributed by atoms with Crippen LogP contribution in [0.15, 0.2) is 0 Å². The Labute approximate surface area is 64.5 Å². The minimum absolute atomic E-state index is 0.649. The van der Waals surface area contributed by atoms with Crippen LogP contribution in [0.4, 0.5) is 0 Å². The van der Waals surface area contributed by atoms with Crippen molar-refractivity contribution in [1.82, 2.24) is 4.90 Å². The summed E-state index contributed by atoms with van der Waals surface area (Å²) in [5.74, 6) is 0. The Kier molecular flexibility index (Phi) is 5.74. The van der Waals surface area contributed by atoms with E-state index in [4.69, 9.17) is 0 Å². The molecular weight excluding hydrogens is 168 g/mol. The third kappa shape index (κ3) is 8.60. The summed E-state index contributed by atoms with van der Waals surface area (Å²) >= 11 is -0.649. The second-order valence-corrected chi connectivity index (χ2v) is 10.4. The van der Waals surface area contributed by atoms with Gasteiger partial charge < -0.3 is 0 Å². The summed E-state index contributed by atoms with van der Waals surface area (Å²) in [6.45, 7) is 1.28. The third-order valence-electron chi connectivity index (χ3n) is 1.39. The SMILES string of the molecule is CN(C)CC[CH2][Ga]([CH3])[CH3]. The van der Waals surface area contributed by atoms with E-state index in [0.29, 0.717) is 0 Å². The molecule has 0 saturated heterocycles. The Bertz CT molecular complexity index is 53.9. The van der Waals surface area contributed by atoms with Crippen molar-refractivity contribution in [2.75, 3.05) is 20.6 Å². The molecule has 0 heterocycles. The van der Waals surface area contributed by atoms with E-state index in [1.807, 2.05) is 0 Å². The summed E-state index contributed by atoms with van der Waals surface area (Å²) in [5.41, 5.74) is 4.92. The zero-order chi connectivity index (χ0) is 7.28. The second kappa shape index (κ2) is 5.39. The fourth-order valence-electron chi connectivity index (χ4n) is 0.816. The molecule has 0 N–H and O–H groups in total. The molecule has 0 bridgehead atoms. The average molecular weight is 186 g/mol. The molecule has 1 nitrogen and oxygen atoms in total. The Morgan fingerprint density at radius 1 is 1.22 bits per heavy atom. The summed E-state index contributed by atoms with van der Waals surface area (Å²) < 4.78 is 0. The molecule has 0 aliphatic rings. The van der Waals surface area contributed by atoms with Crippen molar-refractivity contribution in [3.63, 3.8) is 0 Å². The van der Waals surface area contributed by atoms with E-state index in [1.165, 1.54) is 13.0 Å². The van der Waals surface area contributed by atoms with Crippen LogP contribution in [0.5, 0.6) is 0 Å². The van der Waals surface area contributed by atoms with Gasteiger partial charge in [-0.2, -0.15) is 0 Å². The van der Waals surface area contributed by atoms with E-state index >= 15 is 0 Å². The fourth-order valence-corrected chi connectivity index (χ4v) is 2.91. The van der Waals surface area contributed by atoms with E-state index < -0.39 is 16.2 Å². The van der Waals surface area contributed by atoms with Crippen LogP contribution in [-0.4, -0.2) is 41.8 Å². The number of nitrogens with zero attached hydrogens (tertiary/aromatic N) is 1. The Morgan fingerprint density at radius 3 is 2.11 bits per heavy atom. The second-order valence-electron chi connectivity index (χ2n) is 3.34. The molecule has 0 saturated carbocycles. The van der Waals surface area contributed by atoms with Crippen LogP contribution < -0.4 is 0 Å². The summed E-state index contributed by atoms with van der Waals surface area (Å²) in [4.78, 5) is 3.82. The molecule has 0 unspecified atom stereocenters. The van der Waals surface area contributed by atoms with Crippen molar-refractivity contribution in [2.45, 2.75) is 22.4 Å². The molecule has 0 aliphatic carbocycles. The van der Waals surface area contributed by atoms with Gasteiger partial charge >= 0.3 is 64.1 Å². The topological polar surface area (TPSA) is 3.24 Å². The van der Waals surface area contributed by atoms with Crippen LogP contribution in [0.25, 0.3) is 0 Å². The molecule has 2 heteroatoms. The van der Waals surface area contributed by atoms with Crippen molar-refractivity contribution in [3.05, 3.63) is 0 Å². The van der Waals surface area contributed by atoms with Gasteiger partial charge in [0.1, 0.15) is 0 Å². The van der Waals surface area contributed by atoms with Gasteiger partial charge in [0.25, 0.3) is 0 Å². The van der Waals surface area contributed by atoms with Crippen LogP contribution >= 0.6 is 0 Å².